The Labute approximate surface area is 126 Å². The van der Waals surface area contributed by atoms with Crippen LogP contribution in [0.25, 0.3) is 0 Å². The van der Waals surface area contributed by atoms with E-state index in [9.17, 15) is 9.59 Å². The van der Waals surface area contributed by atoms with Crippen LogP contribution >= 0.6 is 0 Å². The van der Waals surface area contributed by atoms with Gasteiger partial charge in [-0.1, -0.05) is 0 Å². The lowest BCUT2D eigenvalue weighted by Crippen LogP contribution is -2.69. The van der Waals surface area contributed by atoms with E-state index < -0.39 is 5.60 Å². The Bertz CT molecular complexity index is 430. The number of Topliss-reactive ketones (excluding diaryl/α,β-unsaturated/α-hetero) is 1. The second-order valence-corrected chi connectivity index (χ2v) is 6.96. The molecule has 3 aliphatic rings. The molecule has 120 valence electrons. The van der Waals surface area contributed by atoms with Crippen molar-refractivity contribution in [3.63, 3.8) is 0 Å². The van der Waals surface area contributed by atoms with E-state index in [2.05, 4.69) is 13.8 Å². The number of ketones is 1. The van der Waals surface area contributed by atoms with Crippen molar-refractivity contribution in [2.45, 2.75) is 76.8 Å². The zero-order valence-corrected chi connectivity index (χ0v) is 13.6. The Kier molecular flexibility index (Phi) is 4.45. The maximum absolute atomic E-state index is 11.9. The SMILES string of the molecule is COC1CC2CC(OC(=O)CCC(C)=O)C1(C)OC2(C)C. The van der Waals surface area contributed by atoms with Crippen LogP contribution in [-0.2, 0) is 23.8 Å². The number of esters is 1. The van der Waals surface area contributed by atoms with Gasteiger partial charge >= 0.3 is 5.97 Å². The molecule has 5 nitrogen and oxygen atoms in total. The molecule has 3 fully saturated rings. The second kappa shape index (κ2) is 5.69. The molecule has 1 aliphatic carbocycles. The zero-order chi connectivity index (χ0) is 15.8. The van der Waals surface area contributed by atoms with Gasteiger partial charge in [-0.25, -0.2) is 0 Å². The van der Waals surface area contributed by atoms with Gasteiger partial charge in [0.05, 0.1) is 18.1 Å². The minimum atomic E-state index is -0.626. The van der Waals surface area contributed by atoms with Crippen molar-refractivity contribution < 1.29 is 23.8 Å². The summed E-state index contributed by atoms with van der Waals surface area (Å²) in [5.74, 6) is -0.0365. The van der Waals surface area contributed by atoms with E-state index >= 15 is 0 Å². The predicted octanol–water partition coefficient (Wildman–Crippen LogP) is 2.26. The van der Waals surface area contributed by atoms with Crippen molar-refractivity contribution in [1.29, 1.82) is 0 Å². The lowest BCUT2D eigenvalue weighted by atomic mass is 9.65. The van der Waals surface area contributed by atoms with Crippen LogP contribution in [0.15, 0.2) is 0 Å². The fourth-order valence-electron chi connectivity index (χ4n) is 3.63. The number of ether oxygens (including phenoxy) is 3. The molecule has 0 amide bonds. The fraction of sp³-hybridized carbons (Fsp3) is 0.875. The van der Waals surface area contributed by atoms with E-state index in [4.69, 9.17) is 14.2 Å². The third-order valence-electron chi connectivity index (χ3n) is 4.98. The molecule has 1 saturated carbocycles. The smallest absolute Gasteiger partial charge is 0.306 e. The van der Waals surface area contributed by atoms with E-state index in [1.54, 1.807) is 7.11 Å². The average Bonchev–Trinajstić information content (AvgIpc) is 2.36. The van der Waals surface area contributed by atoms with Crippen molar-refractivity contribution >= 4 is 11.8 Å². The van der Waals surface area contributed by atoms with Crippen LogP contribution in [-0.4, -0.2) is 42.3 Å². The van der Waals surface area contributed by atoms with Gasteiger partial charge in [-0.2, -0.15) is 0 Å². The first-order chi connectivity index (χ1) is 9.69. The maximum Gasteiger partial charge on any atom is 0.306 e. The number of rotatable bonds is 5. The van der Waals surface area contributed by atoms with Gasteiger partial charge in [0.2, 0.25) is 0 Å². The van der Waals surface area contributed by atoms with Crippen LogP contribution < -0.4 is 0 Å². The molecule has 4 unspecified atom stereocenters. The number of hydrogen-bond donors (Lipinski definition) is 0. The van der Waals surface area contributed by atoms with Crippen molar-refractivity contribution in [2.24, 2.45) is 5.92 Å². The maximum atomic E-state index is 11.9. The van der Waals surface area contributed by atoms with Crippen LogP contribution in [0.4, 0.5) is 0 Å². The monoisotopic (exact) mass is 298 g/mol. The normalized spacial score (nSPS) is 37.3. The molecular formula is C16H26O5. The van der Waals surface area contributed by atoms with Crippen LogP contribution in [0.3, 0.4) is 0 Å². The molecule has 2 heterocycles. The highest BCUT2D eigenvalue weighted by Crippen LogP contribution is 2.51. The minimum Gasteiger partial charge on any atom is -0.459 e. The number of fused-ring (bicyclic) bond motifs is 3. The van der Waals surface area contributed by atoms with Gasteiger partial charge in [0.15, 0.2) is 0 Å². The third-order valence-corrected chi connectivity index (χ3v) is 4.98. The van der Waals surface area contributed by atoms with Crippen LogP contribution in [0.5, 0.6) is 0 Å². The molecule has 0 N–H and O–H groups in total. The first kappa shape index (κ1) is 16.4. The molecule has 0 aromatic heterocycles. The Morgan fingerprint density at radius 3 is 2.33 bits per heavy atom. The molecule has 2 saturated heterocycles. The molecule has 0 aromatic carbocycles. The standard InChI is InChI=1S/C16H26O5/c1-10(17)6-7-14(18)20-13-9-11-8-12(19-5)16(13,4)21-15(11,2)3/h11-13H,6-9H2,1-5H3. The van der Waals surface area contributed by atoms with Crippen LogP contribution in [0.2, 0.25) is 0 Å². The minimum absolute atomic E-state index is 0.00419. The highest BCUT2D eigenvalue weighted by Gasteiger charge is 2.60. The second-order valence-electron chi connectivity index (χ2n) is 6.96. The summed E-state index contributed by atoms with van der Waals surface area (Å²) in [7, 11) is 1.67. The molecule has 5 heteroatoms. The Morgan fingerprint density at radius 1 is 1.14 bits per heavy atom. The molecule has 0 spiro atoms. The molecule has 4 atom stereocenters. The van der Waals surface area contributed by atoms with Crippen LogP contribution in [0.1, 0.15) is 53.4 Å². The van der Waals surface area contributed by atoms with Gasteiger partial charge in [-0.3, -0.25) is 4.79 Å². The number of carbonyl (C=O) groups excluding carboxylic acids is 2. The summed E-state index contributed by atoms with van der Waals surface area (Å²) in [5, 5.41) is 0. The summed E-state index contributed by atoms with van der Waals surface area (Å²) in [6.45, 7) is 7.59. The molecule has 0 aromatic rings. The summed E-state index contributed by atoms with van der Waals surface area (Å²) in [4.78, 5) is 22.9. The van der Waals surface area contributed by atoms with E-state index in [-0.39, 0.29) is 42.4 Å². The van der Waals surface area contributed by atoms with Crippen molar-refractivity contribution in [3.05, 3.63) is 0 Å². The Hall–Kier alpha value is -0.940. The first-order valence-electron chi connectivity index (χ1n) is 7.61. The lowest BCUT2D eigenvalue weighted by Gasteiger charge is -2.59. The third kappa shape index (κ3) is 3.14. The Balaban J connectivity index is 2.07. The first-order valence-corrected chi connectivity index (χ1v) is 7.61. The van der Waals surface area contributed by atoms with E-state index in [1.807, 2.05) is 6.92 Å². The number of hydrogen-bond acceptors (Lipinski definition) is 5. The predicted molar refractivity (Wildman–Crippen MR) is 76.9 cm³/mol. The quantitative estimate of drug-likeness (QED) is 0.729. The Morgan fingerprint density at radius 2 is 1.76 bits per heavy atom. The summed E-state index contributed by atoms with van der Waals surface area (Å²) in [5.41, 5.74) is -0.856. The molecule has 2 bridgehead atoms. The van der Waals surface area contributed by atoms with Crippen molar-refractivity contribution in [3.8, 4) is 0 Å². The van der Waals surface area contributed by atoms with Gasteiger partial charge in [0.25, 0.3) is 0 Å². The van der Waals surface area contributed by atoms with E-state index in [0.29, 0.717) is 5.92 Å². The summed E-state index contributed by atoms with van der Waals surface area (Å²) in [6, 6.07) is 0. The van der Waals surface area contributed by atoms with Crippen molar-refractivity contribution in [1.82, 2.24) is 0 Å². The zero-order valence-electron chi connectivity index (χ0n) is 13.6. The number of carbonyl (C=O) groups is 2. The molecular weight excluding hydrogens is 272 g/mol. The van der Waals surface area contributed by atoms with Crippen molar-refractivity contribution in [2.75, 3.05) is 7.11 Å². The lowest BCUT2D eigenvalue weighted by molar-refractivity contribution is -0.317. The highest BCUT2D eigenvalue weighted by atomic mass is 16.6. The molecule has 0 radical (unpaired) electrons. The largest absolute Gasteiger partial charge is 0.459 e. The van der Waals surface area contributed by atoms with E-state index in [0.717, 1.165) is 12.8 Å². The highest BCUT2D eigenvalue weighted by molar-refractivity contribution is 5.81. The van der Waals surface area contributed by atoms with Gasteiger partial charge < -0.3 is 19.0 Å². The topological polar surface area (TPSA) is 61.8 Å². The van der Waals surface area contributed by atoms with Gasteiger partial charge in [0, 0.05) is 13.5 Å². The molecule has 21 heavy (non-hydrogen) atoms. The summed E-state index contributed by atoms with van der Waals surface area (Å²) >= 11 is 0. The van der Waals surface area contributed by atoms with Gasteiger partial charge in [0.1, 0.15) is 17.5 Å². The fourth-order valence-corrected chi connectivity index (χ4v) is 3.63. The molecule has 2 aliphatic heterocycles. The summed E-state index contributed by atoms with van der Waals surface area (Å²) in [6.07, 6.45) is 1.68. The molecule has 3 rings (SSSR count). The number of methoxy groups -OCH3 is 1. The van der Waals surface area contributed by atoms with E-state index in [1.165, 1.54) is 6.92 Å². The summed E-state index contributed by atoms with van der Waals surface area (Å²) < 4.78 is 17.4. The van der Waals surface area contributed by atoms with Crippen LogP contribution in [0, 0.1) is 5.92 Å². The van der Waals surface area contributed by atoms with Gasteiger partial charge in [-0.15, -0.1) is 0 Å². The average molecular weight is 298 g/mol. The van der Waals surface area contributed by atoms with Gasteiger partial charge in [-0.05, 0) is 46.5 Å².